The molecule has 4 N–H and O–H groups in total. The molecule has 4 aromatic rings. The van der Waals surface area contributed by atoms with Gasteiger partial charge in [0.1, 0.15) is 23.1 Å². The molecule has 1 aromatic heterocycles. The number of nitrogen functional groups attached to an aromatic ring is 1. The number of nitrogens with zero attached hydrogens (tertiary/aromatic N) is 3. The monoisotopic (exact) mass is 790 g/mol. The Kier molecular flexibility index (Phi) is 12.3. The van der Waals surface area contributed by atoms with E-state index in [2.05, 4.69) is 15.6 Å². The largest absolute Gasteiger partial charge is 0.443 e. The molecule has 1 heterocycles. The number of sulfone groups is 1. The number of rotatable bonds is 12. The van der Waals surface area contributed by atoms with Crippen LogP contribution in [-0.2, 0) is 37.1 Å². The van der Waals surface area contributed by atoms with Crippen molar-refractivity contribution in [2.75, 3.05) is 36.6 Å². The lowest BCUT2D eigenvalue weighted by atomic mass is 10.00. The molecule has 13 nitrogen and oxygen atoms in total. The van der Waals surface area contributed by atoms with Gasteiger partial charge in [0.2, 0.25) is 5.91 Å². The van der Waals surface area contributed by atoms with E-state index >= 15 is 4.39 Å². The quantitative estimate of drug-likeness (QED) is 0.125. The lowest BCUT2D eigenvalue weighted by Crippen LogP contribution is -2.44. The van der Waals surface area contributed by atoms with Gasteiger partial charge in [0.15, 0.2) is 15.7 Å². The average Bonchev–Trinajstić information content (AvgIpc) is 3.96. The Morgan fingerprint density at radius 3 is 2.21 bits per heavy atom. The van der Waals surface area contributed by atoms with E-state index in [1.807, 2.05) is 25.2 Å². The lowest BCUT2D eigenvalue weighted by molar-refractivity contribution is -0.131. The molecular formula is C41H51FN6O7S. The number of amides is 3. The molecule has 15 heteroatoms. The first-order valence-electron chi connectivity index (χ1n) is 18.4. The van der Waals surface area contributed by atoms with Crippen LogP contribution in [0.2, 0.25) is 0 Å². The summed E-state index contributed by atoms with van der Waals surface area (Å²) in [5.41, 5.74) is 6.82. The molecule has 1 saturated carbocycles. The maximum Gasteiger partial charge on any atom is 0.425 e. The van der Waals surface area contributed by atoms with E-state index in [-0.39, 0.29) is 28.0 Å². The third-order valence-electron chi connectivity index (χ3n) is 8.83. The van der Waals surface area contributed by atoms with Gasteiger partial charge in [-0.2, -0.15) is 4.90 Å². The Hall–Kier alpha value is -5.28. The van der Waals surface area contributed by atoms with Crippen LogP contribution < -0.4 is 21.3 Å². The molecule has 1 aliphatic rings. The van der Waals surface area contributed by atoms with Crippen LogP contribution in [0.1, 0.15) is 77.1 Å². The number of nitrogens with two attached hydrogens (primary N) is 1. The van der Waals surface area contributed by atoms with Gasteiger partial charge in [0.05, 0.1) is 16.3 Å². The Morgan fingerprint density at radius 2 is 1.61 bits per heavy atom. The van der Waals surface area contributed by atoms with Crippen LogP contribution in [0.4, 0.5) is 31.2 Å². The van der Waals surface area contributed by atoms with E-state index in [4.69, 9.17) is 15.2 Å². The molecule has 3 aromatic carbocycles. The number of nitrogens with one attached hydrogen (secondary N) is 2. The van der Waals surface area contributed by atoms with Crippen LogP contribution in [0, 0.1) is 5.82 Å². The van der Waals surface area contributed by atoms with Crippen molar-refractivity contribution >= 4 is 55.9 Å². The van der Waals surface area contributed by atoms with Gasteiger partial charge in [-0.25, -0.2) is 27.4 Å². The highest BCUT2D eigenvalue weighted by Crippen LogP contribution is 2.37. The number of halogens is 1. The molecule has 0 saturated heterocycles. The molecule has 300 valence electrons. The summed E-state index contributed by atoms with van der Waals surface area (Å²) < 4.78 is 53.4. The molecular weight excluding hydrogens is 740 g/mol. The molecule has 0 bridgehead atoms. The summed E-state index contributed by atoms with van der Waals surface area (Å²) in [6, 6.07) is 15.7. The number of likely N-dealkylation sites (N-methyl/N-ethyl adjacent to an activating group) is 2. The summed E-state index contributed by atoms with van der Waals surface area (Å²) in [4.78, 5) is 47.7. The summed E-state index contributed by atoms with van der Waals surface area (Å²) in [6.07, 6.45) is 0.629. The van der Waals surface area contributed by atoms with Crippen LogP contribution >= 0.6 is 0 Å². The van der Waals surface area contributed by atoms with Gasteiger partial charge in [-0.15, -0.1) is 0 Å². The topological polar surface area (TPSA) is 173 Å². The normalized spacial score (nSPS) is 13.9. The molecule has 5 rings (SSSR count). The van der Waals surface area contributed by atoms with Crippen LogP contribution in [0.15, 0.2) is 71.8 Å². The number of anilines is 3. The summed E-state index contributed by atoms with van der Waals surface area (Å²) in [7, 11) is -0.171. The molecule has 0 radical (unpaired) electrons. The Labute approximate surface area is 327 Å². The average molecular weight is 791 g/mol. The summed E-state index contributed by atoms with van der Waals surface area (Å²) in [6.45, 7) is 10.5. The Morgan fingerprint density at radius 1 is 0.946 bits per heavy atom. The molecule has 1 aliphatic carbocycles. The first-order chi connectivity index (χ1) is 26.2. The van der Waals surface area contributed by atoms with Gasteiger partial charge in [-0.05, 0) is 127 Å². The van der Waals surface area contributed by atoms with Crippen molar-refractivity contribution in [3.8, 4) is 0 Å². The maximum atomic E-state index is 15.7. The predicted octanol–water partition coefficient (Wildman–Crippen LogP) is 7.14. The fourth-order valence-electron chi connectivity index (χ4n) is 6.09. The number of carbonyl (C=O) groups is 3. The fraction of sp³-hybridized carbons (Fsp3) is 0.415. The maximum absolute atomic E-state index is 15.7. The van der Waals surface area contributed by atoms with Gasteiger partial charge >= 0.3 is 12.2 Å². The molecule has 1 atom stereocenters. The zero-order valence-corrected chi connectivity index (χ0v) is 33.9. The van der Waals surface area contributed by atoms with E-state index in [0.29, 0.717) is 53.2 Å². The SMILES string of the molecule is CNCCc1cccc(C(Nc2ccc3c(N(C(=O)OC(C)(C)C)C(=O)OC(C)(C)C)ncc(F)c3c2)C(=O)N(C)Cc2cc(N)ccc2S(=O)(=O)C2CC2)c1. The third kappa shape index (κ3) is 10.1. The second-order valence-electron chi connectivity index (χ2n) is 16.0. The summed E-state index contributed by atoms with van der Waals surface area (Å²) >= 11 is 0. The number of imide groups is 1. The van der Waals surface area contributed by atoms with Crippen molar-refractivity contribution in [1.82, 2.24) is 15.2 Å². The first kappa shape index (κ1) is 41.9. The minimum atomic E-state index is -3.60. The smallest absolute Gasteiger partial charge is 0.425 e. The van der Waals surface area contributed by atoms with Crippen molar-refractivity contribution in [2.24, 2.45) is 0 Å². The number of pyridine rings is 1. The highest BCUT2D eigenvalue weighted by atomic mass is 32.2. The second-order valence-corrected chi connectivity index (χ2v) is 18.2. The zero-order valence-electron chi connectivity index (χ0n) is 33.1. The van der Waals surface area contributed by atoms with Gasteiger partial charge in [-0.3, -0.25) is 4.79 Å². The summed E-state index contributed by atoms with van der Waals surface area (Å²) in [5, 5.41) is 6.04. The minimum Gasteiger partial charge on any atom is -0.443 e. The third-order valence-corrected chi connectivity index (χ3v) is 11.2. The number of hydrogen-bond acceptors (Lipinski definition) is 11. The van der Waals surface area contributed by atoms with Crippen molar-refractivity contribution in [1.29, 1.82) is 0 Å². The van der Waals surface area contributed by atoms with Crippen molar-refractivity contribution in [2.45, 2.75) is 94.7 Å². The zero-order chi connectivity index (χ0) is 41.2. The van der Waals surface area contributed by atoms with E-state index < -0.39 is 56.2 Å². The van der Waals surface area contributed by atoms with Crippen molar-refractivity contribution in [3.05, 3.63) is 89.4 Å². The predicted molar refractivity (Wildman–Crippen MR) is 215 cm³/mol. The van der Waals surface area contributed by atoms with Crippen molar-refractivity contribution < 1.29 is 36.7 Å². The summed E-state index contributed by atoms with van der Waals surface area (Å²) in [5.74, 6) is -1.36. The van der Waals surface area contributed by atoms with Crippen LogP contribution in [0.25, 0.3) is 10.8 Å². The lowest BCUT2D eigenvalue weighted by Gasteiger charge is -2.29. The van der Waals surface area contributed by atoms with E-state index in [0.717, 1.165) is 11.8 Å². The standard InChI is InChI=1S/C41H51FN6O7S/c1-40(2,3)54-38(50)48(39(51)55-41(4,5)6)36-31-16-13-29(22-32(31)33(42)23-45-36)46-35(26-11-9-10-25(20-26)18-19-44-7)37(49)47(8)24-27-21-28(43)12-17-34(27)56(52,53)30-14-15-30/h9-13,16-17,20-23,30,35,44,46H,14-15,18-19,24,43H2,1-8H3. The Balaban J connectivity index is 1.55. The van der Waals surface area contributed by atoms with Crippen molar-refractivity contribution in [3.63, 3.8) is 0 Å². The number of carbonyl (C=O) groups excluding carboxylic acids is 3. The van der Waals surface area contributed by atoms with Gasteiger partial charge in [0.25, 0.3) is 0 Å². The van der Waals surface area contributed by atoms with Crippen LogP contribution in [0.3, 0.4) is 0 Å². The Bertz CT molecular complexity index is 2200. The van der Waals surface area contributed by atoms with E-state index in [1.54, 1.807) is 72.9 Å². The molecule has 3 amide bonds. The number of fused-ring (bicyclic) bond motifs is 1. The molecule has 0 aliphatic heterocycles. The highest BCUT2D eigenvalue weighted by Gasteiger charge is 2.39. The first-order valence-corrected chi connectivity index (χ1v) is 19.9. The van der Waals surface area contributed by atoms with Crippen LogP contribution in [-0.4, -0.2) is 73.5 Å². The van der Waals surface area contributed by atoms with Gasteiger partial charge in [-0.1, -0.05) is 24.3 Å². The van der Waals surface area contributed by atoms with Crippen LogP contribution in [0.5, 0.6) is 0 Å². The van der Waals surface area contributed by atoms with Gasteiger partial charge < -0.3 is 30.7 Å². The minimum absolute atomic E-state index is 0.00544. The fourth-order valence-corrected chi connectivity index (χ4v) is 7.95. The number of ether oxygens (including phenoxy) is 2. The second kappa shape index (κ2) is 16.4. The highest BCUT2D eigenvalue weighted by molar-refractivity contribution is 7.92. The number of benzene rings is 3. The molecule has 1 unspecified atom stereocenters. The molecule has 1 fully saturated rings. The number of hydrogen-bond donors (Lipinski definition) is 3. The molecule has 56 heavy (non-hydrogen) atoms. The van der Waals surface area contributed by atoms with E-state index in [9.17, 15) is 22.8 Å². The van der Waals surface area contributed by atoms with E-state index in [1.165, 1.54) is 23.1 Å². The van der Waals surface area contributed by atoms with Gasteiger partial charge in [0, 0.05) is 35.7 Å². The number of aromatic nitrogens is 1. The molecule has 0 spiro atoms.